The van der Waals surface area contributed by atoms with Crippen molar-refractivity contribution in [1.82, 2.24) is 9.80 Å². The van der Waals surface area contributed by atoms with Crippen LogP contribution in [0.3, 0.4) is 0 Å². The van der Waals surface area contributed by atoms with Crippen molar-refractivity contribution in [2.45, 2.75) is 25.9 Å². The molecule has 0 amide bonds. The normalized spacial score (nSPS) is 34.0. The standard InChI is InChI=1S/C9H21N3/c1-8-6-11(3)7-9(2)12(8)5-4-10/h8-9H,4-7,10H2,1-3H3. The Morgan fingerprint density at radius 2 is 1.75 bits per heavy atom. The largest absolute Gasteiger partial charge is 0.329 e. The first-order valence-corrected chi connectivity index (χ1v) is 4.79. The Kier molecular flexibility index (Phi) is 3.50. The Morgan fingerprint density at radius 1 is 1.25 bits per heavy atom. The Balaban J connectivity index is 2.48. The van der Waals surface area contributed by atoms with Crippen LogP contribution in [0.15, 0.2) is 0 Å². The van der Waals surface area contributed by atoms with Crippen LogP contribution in [0.4, 0.5) is 0 Å². The molecule has 1 rings (SSSR count). The van der Waals surface area contributed by atoms with Gasteiger partial charge in [0.2, 0.25) is 0 Å². The molecule has 2 unspecified atom stereocenters. The maximum Gasteiger partial charge on any atom is 0.0198 e. The molecule has 0 radical (unpaired) electrons. The van der Waals surface area contributed by atoms with E-state index in [-0.39, 0.29) is 0 Å². The van der Waals surface area contributed by atoms with Crippen molar-refractivity contribution in [2.24, 2.45) is 5.73 Å². The number of hydrogen-bond acceptors (Lipinski definition) is 3. The molecule has 0 aliphatic carbocycles. The third-order valence-corrected chi connectivity index (χ3v) is 2.67. The fourth-order valence-electron chi connectivity index (χ4n) is 2.21. The van der Waals surface area contributed by atoms with E-state index in [9.17, 15) is 0 Å². The molecule has 0 bridgehead atoms. The molecule has 3 nitrogen and oxygen atoms in total. The van der Waals surface area contributed by atoms with Gasteiger partial charge in [-0.2, -0.15) is 0 Å². The van der Waals surface area contributed by atoms with Crippen molar-refractivity contribution < 1.29 is 0 Å². The van der Waals surface area contributed by atoms with Crippen molar-refractivity contribution >= 4 is 0 Å². The lowest BCUT2D eigenvalue weighted by Gasteiger charge is -2.43. The zero-order valence-electron chi connectivity index (χ0n) is 8.45. The quantitative estimate of drug-likeness (QED) is 0.633. The van der Waals surface area contributed by atoms with Gasteiger partial charge in [0.25, 0.3) is 0 Å². The molecule has 3 heteroatoms. The topological polar surface area (TPSA) is 32.5 Å². The summed E-state index contributed by atoms with van der Waals surface area (Å²) >= 11 is 0. The van der Waals surface area contributed by atoms with Crippen molar-refractivity contribution in [3.05, 3.63) is 0 Å². The molecule has 12 heavy (non-hydrogen) atoms. The molecule has 1 aliphatic rings. The summed E-state index contributed by atoms with van der Waals surface area (Å²) in [7, 11) is 2.19. The summed E-state index contributed by atoms with van der Waals surface area (Å²) in [5, 5.41) is 0. The van der Waals surface area contributed by atoms with Crippen molar-refractivity contribution in [3.63, 3.8) is 0 Å². The molecule has 72 valence electrons. The monoisotopic (exact) mass is 171 g/mol. The highest BCUT2D eigenvalue weighted by atomic mass is 15.3. The minimum absolute atomic E-state index is 0.655. The molecule has 0 spiro atoms. The molecule has 1 saturated heterocycles. The fourth-order valence-corrected chi connectivity index (χ4v) is 2.21. The van der Waals surface area contributed by atoms with E-state index in [2.05, 4.69) is 30.7 Å². The average molecular weight is 171 g/mol. The summed E-state index contributed by atoms with van der Waals surface area (Å²) in [4.78, 5) is 4.89. The number of piperazine rings is 1. The summed E-state index contributed by atoms with van der Waals surface area (Å²) in [6.45, 7) is 8.72. The molecular formula is C9H21N3. The van der Waals surface area contributed by atoms with Crippen LogP contribution in [0.1, 0.15) is 13.8 Å². The van der Waals surface area contributed by atoms with Crippen LogP contribution in [0.25, 0.3) is 0 Å². The zero-order valence-corrected chi connectivity index (χ0v) is 8.45. The van der Waals surface area contributed by atoms with Crippen molar-refractivity contribution in [2.75, 3.05) is 33.2 Å². The third-order valence-electron chi connectivity index (χ3n) is 2.67. The molecule has 1 aliphatic heterocycles. The van der Waals surface area contributed by atoms with Crippen LogP contribution < -0.4 is 5.73 Å². The zero-order chi connectivity index (χ0) is 9.14. The molecule has 0 saturated carbocycles. The Hall–Kier alpha value is -0.120. The highest BCUT2D eigenvalue weighted by Gasteiger charge is 2.26. The Labute approximate surface area is 75.5 Å². The highest BCUT2D eigenvalue weighted by Crippen LogP contribution is 2.12. The molecule has 2 atom stereocenters. The van der Waals surface area contributed by atoms with E-state index in [1.807, 2.05) is 0 Å². The van der Waals surface area contributed by atoms with Gasteiger partial charge in [-0.3, -0.25) is 4.90 Å². The van der Waals surface area contributed by atoms with E-state index in [4.69, 9.17) is 5.73 Å². The lowest BCUT2D eigenvalue weighted by atomic mass is 10.1. The van der Waals surface area contributed by atoms with E-state index < -0.39 is 0 Å². The van der Waals surface area contributed by atoms with Crippen LogP contribution in [0, 0.1) is 0 Å². The molecule has 0 aromatic carbocycles. The van der Waals surface area contributed by atoms with Crippen LogP contribution in [-0.4, -0.2) is 55.1 Å². The van der Waals surface area contributed by atoms with E-state index in [0.29, 0.717) is 12.1 Å². The third kappa shape index (κ3) is 2.19. The van der Waals surface area contributed by atoms with Gasteiger partial charge >= 0.3 is 0 Å². The first kappa shape index (κ1) is 9.96. The molecule has 1 heterocycles. The number of hydrogen-bond donors (Lipinski definition) is 1. The number of likely N-dealkylation sites (N-methyl/N-ethyl adjacent to an activating group) is 1. The van der Waals surface area contributed by atoms with Gasteiger partial charge in [0.1, 0.15) is 0 Å². The lowest BCUT2D eigenvalue weighted by molar-refractivity contribution is 0.0552. The Bertz CT molecular complexity index is 126. The fraction of sp³-hybridized carbons (Fsp3) is 1.00. The maximum atomic E-state index is 5.56. The van der Waals surface area contributed by atoms with E-state index in [0.717, 1.165) is 13.1 Å². The van der Waals surface area contributed by atoms with Gasteiger partial charge in [-0.15, -0.1) is 0 Å². The second-order valence-electron chi connectivity index (χ2n) is 3.95. The summed E-state index contributed by atoms with van der Waals surface area (Å²) in [5.74, 6) is 0. The van der Waals surface area contributed by atoms with Crippen LogP contribution in [0.5, 0.6) is 0 Å². The van der Waals surface area contributed by atoms with Crippen molar-refractivity contribution in [1.29, 1.82) is 0 Å². The smallest absolute Gasteiger partial charge is 0.0198 e. The maximum absolute atomic E-state index is 5.56. The number of rotatable bonds is 2. The van der Waals surface area contributed by atoms with Crippen LogP contribution >= 0.6 is 0 Å². The second kappa shape index (κ2) is 4.21. The summed E-state index contributed by atoms with van der Waals surface area (Å²) in [6.07, 6.45) is 0. The first-order chi connectivity index (χ1) is 5.65. The minimum Gasteiger partial charge on any atom is -0.329 e. The van der Waals surface area contributed by atoms with Gasteiger partial charge in [-0.1, -0.05) is 0 Å². The van der Waals surface area contributed by atoms with Gasteiger partial charge in [0, 0.05) is 38.3 Å². The Morgan fingerprint density at radius 3 is 2.17 bits per heavy atom. The van der Waals surface area contributed by atoms with Gasteiger partial charge in [0.05, 0.1) is 0 Å². The average Bonchev–Trinajstić information content (AvgIpc) is 1.96. The van der Waals surface area contributed by atoms with Gasteiger partial charge in [-0.05, 0) is 20.9 Å². The minimum atomic E-state index is 0.655. The van der Waals surface area contributed by atoms with E-state index >= 15 is 0 Å². The predicted molar refractivity (Wildman–Crippen MR) is 52.2 cm³/mol. The number of nitrogens with two attached hydrogens (primary N) is 1. The summed E-state index contributed by atoms with van der Waals surface area (Å²) in [6, 6.07) is 1.31. The molecule has 1 fully saturated rings. The second-order valence-corrected chi connectivity index (χ2v) is 3.95. The van der Waals surface area contributed by atoms with E-state index in [1.165, 1.54) is 13.1 Å². The van der Waals surface area contributed by atoms with Crippen LogP contribution in [0.2, 0.25) is 0 Å². The summed E-state index contributed by atoms with van der Waals surface area (Å²) < 4.78 is 0. The highest BCUT2D eigenvalue weighted by molar-refractivity contribution is 4.83. The van der Waals surface area contributed by atoms with Crippen molar-refractivity contribution in [3.8, 4) is 0 Å². The van der Waals surface area contributed by atoms with Crippen LogP contribution in [-0.2, 0) is 0 Å². The predicted octanol–water partition coefficient (Wildman–Crippen LogP) is -0.0305. The first-order valence-electron chi connectivity index (χ1n) is 4.79. The van der Waals surface area contributed by atoms with E-state index in [1.54, 1.807) is 0 Å². The van der Waals surface area contributed by atoms with Gasteiger partial charge in [0.15, 0.2) is 0 Å². The lowest BCUT2D eigenvalue weighted by Crippen LogP contribution is -2.56. The number of nitrogens with zero attached hydrogens (tertiary/aromatic N) is 2. The van der Waals surface area contributed by atoms with Gasteiger partial charge in [-0.25, -0.2) is 0 Å². The SMILES string of the molecule is CC1CN(C)CC(C)N1CCN. The molecular weight excluding hydrogens is 150 g/mol. The molecule has 2 N–H and O–H groups in total. The van der Waals surface area contributed by atoms with Gasteiger partial charge < -0.3 is 10.6 Å². The summed E-state index contributed by atoms with van der Waals surface area (Å²) in [5.41, 5.74) is 5.56. The molecule has 0 aromatic rings. The molecule has 0 aromatic heterocycles.